The first-order valence-corrected chi connectivity index (χ1v) is 4.69. The molecule has 0 atom stereocenters. The molecule has 0 fully saturated rings. The molecule has 0 aliphatic carbocycles. The molecular weight excluding hydrogens is 224 g/mol. The molecule has 7 nitrogen and oxygen atoms in total. The van der Waals surface area contributed by atoms with Crippen LogP contribution in [0.4, 0.5) is 17.3 Å². The van der Waals surface area contributed by atoms with Crippen LogP contribution in [0.25, 0.3) is 0 Å². The third kappa shape index (κ3) is 2.28. The summed E-state index contributed by atoms with van der Waals surface area (Å²) in [5, 5.41) is 22.8. The molecule has 2 aromatic rings. The molecule has 0 spiro atoms. The van der Waals surface area contributed by atoms with Crippen molar-refractivity contribution in [1.29, 1.82) is 0 Å². The van der Waals surface area contributed by atoms with Crippen LogP contribution < -0.4 is 5.32 Å². The quantitative estimate of drug-likeness (QED) is 0.618. The summed E-state index contributed by atoms with van der Waals surface area (Å²) in [6.07, 6.45) is 2.87. The van der Waals surface area contributed by atoms with E-state index in [1.54, 1.807) is 6.07 Å². The first kappa shape index (κ1) is 10.8. The van der Waals surface area contributed by atoms with Crippen molar-refractivity contribution in [2.45, 2.75) is 0 Å². The molecule has 0 saturated heterocycles. The van der Waals surface area contributed by atoms with Gasteiger partial charge in [0, 0.05) is 18.5 Å². The summed E-state index contributed by atoms with van der Waals surface area (Å²) in [6.45, 7) is 0. The van der Waals surface area contributed by atoms with E-state index in [4.69, 9.17) is 0 Å². The van der Waals surface area contributed by atoms with Crippen LogP contribution in [-0.2, 0) is 0 Å². The Morgan fingerprint density at radius 2 is 1.82 bits per heavy atom. The van der Waals surface area contributed by atoms with Crippen LogP contribution in [0.3, 0.4) is 0 Å². The minimum Gasteiger partial charge on any atom is -0.504 e. The summed E-state index contributed by atoms with van der Waals surface area (Å²) in [5.41, 5.74) is -0.183. The second kappa shape index (κ2) is 4.44. The van der Waals surface area contributed by atoms with Crippen molar-refractivity contribution in [2.24, 2.45) is 0 Å². The van der Waals surface area contributed by atoms with Gasteiger partial charge in [0.15, 0.2) is 11.6 Å². The van der Waals surface area contributed by atoms with Crippen molar-refractivity contribution in [3.05, 3.63) is 46.8 Å². The van der Waals surface area contributed by atoms with Gasteiger partial charge in [-0.25, -0.2) is 9.97 Å². The van der Waals surface area contributed by atoms with E-state index in [1.807, 2.05) is 0 Å². The summed E-state index contributed by atoms with van der Waals surface area (Å²) in [7, 11) is 0. The number of aromatic nitrogens is 2. The predicted octanol–water partition coefficient (Wildman–Crippen LogP) is 1.83. The van der Waals surface area contributed by atoms with Gasteiger partial charge in [-0.2, -0.15) is 0 Å². The van der Waals surface area contributed by atoms with E-state index in [2.05, 4.69) is 15.3 Å². The highest BCUT2D eigenvalue weighted by atomic mass is 16.6. The largest absolute Gasteiger partial charge is 0.504 e. The fraction of sp³-hybridized carbons (Fsp3) is 0. The van der Waals surface area contributed by atoms with Crippen LogP contribution in [0, 0.1) is 10.1 Å². The number of rotatable bonds is 3. The van der Waals surface area contributed by atoms with E-state index >= 15 is 0 Å². The average molecular weight is 232 g/mol. The topological polar surface area (TPSA) is 101 Å². The number of aromatic hydroxyl groups is 1. The molecule has 2 heterocycles. The number of hydrogen-bond acceptors (Lipinski definition) is 6. The maximum Gasteiger partial charge on any atom is 0.311 e. The second-order valence-corrected chi connectivity index (χ2v) is 3.12. The minimum atomic E-state index is -0.560. The Labute approximate surface area is 95.9 Å². The van der Waals surface area contributed by atoms with Crippen molar-refractivity contribution >= 4 is 17.3 Å². The van der Waals surface area contributed by atoms with Gasteiger partial charge in [-0.15, -0.1) is 0 Å². The molecule has 0 aliphatic heterocycles. The fourth-order valence-corrected chi connectivity index (χ4v) is 1.25. The number of nitrogens with zero attached hydrogens (tertiary/aromatic N) is 3. The zero-order valence-electron chi connectivity index (χ0n) is 8.57. The maximum absolute atomic E-state index is 10.7. The van der Waals surface area contributed by atoms with Gasteiger partial charge in [-0.1, -0.05) is 0 Å². The molecule has 86 valence electrons. The molecule has 0 radical (unpaired) electrons. The Kier molecular flexibility index (Phi) is 2.82. The van der Waals surface area contributed by atoms with Gasteiger partial charge in [0.25, 0.3) is 0 Å². The smallest absolute Gasteiger partial charge is 0.311 e. The number of anilines is 2. The Bertz CT molecular complexity index is 559. The molecule has 7 heteroatoms. The zero-order chi connectivity index (χ0) is 12.3. The van der Waals surface area contributed by atoms with Crippen LogP contribution in [0.2, 0.25) is 0 Å². The highest BCUT2D eigenvalue weighted by Crippen LogP contribution is 2.27. The van der Waals surface area contributed by atoms with Gasteiger partial charge in [0.1, 0.15) is 0 Å². The molecule has 0 aromatic carbocycles. The number of nitrogens with one attached hydrogen (secondary N) is 1. The predicted molar refractivity (Wildman–Crippen MR) is 60.1 cm³/mol. The van der Waals surface area contributed by atoms with Crippen LogP contribution in [0.1, 0.15) is 0 Å². The molecule has 17 heavy (non-hydrogen) atoms. The van der Waals surface area contributed by atoms with Gasteiger partial charge in [-0.05, 0) is 18.2 Å². The normalized spacial score (nSPS) is 9.88. The van der Waals surface area contributed by atoms with Crippen molar-refractivity contribution in [3.8, 4) is 5.75 Å². The molecular formula is C10H8N4O3. The van der Waals surface area contributed by atoms with Crippen LogP contribution in [0.15, 0.2) is 36.7 Å². The Balaban J connectivity index is 2.37. The lowest BCUT2D eigenvalue weighted by Gasteiger charge is -2.05. The van der Waals surface area contributed by atoms with Gasteiger partial charge in [0.2, 0.25) is 5.82 Å². The third-order valence-electron chi connectivity index (χ3n) is 2.01. The standard InChI is InChI=1S/C10H8N4O3/c15-8-4-2-6-12-10(8)13-9-7(14(16)17)3-1-5-11-9/h1-6,15H,(H,11,12,13). The van der Waals surface area contributed by atoms with E-state index < -0.39 is 4.92 Å². The SMILES string of the molecule is O=[N+]([O-])c1cccnc1Nc1ncccc1O. The summed E-state index contributed by atoms with van der Waals surface area (Å²) < 4.78 is 0. The number of hydrogen-bond donors (Lipinski definition) is 2. The van der Waals surface area contributed by atoms with E-state index in [-0.39, 0.29) is 23.1 Å². The van der Waals surface area contributed by atoms with E-state index in [0.29, 0.717) is 0 Å². The Morgan fingerprint density at radius 3 is 2.47 bits per heavy atom. The van der Waals surface area contributed by atoms with Crippen LogP contribution in [0.5, 0.6) is 5.75 Å². The summed E-state index contributed by atoms with van der Waals surface area (Å²) in [5.74, 6) is 0.0493. The molecule has 2 rings (SSSR count). The second-order valence-electron chi connectivity index (χ2n) is 3.12. The summed E-state index contributed by atoms with van der Waals surface area (Å²) >= 11 is 0. The average Bonchev–Trinajstić information content (AvgIpc) is 2.32. The molecule has 2 N–H and O–H groups in total. The fourth-order valence-electron chi connectivity index (χ4n) is 1.25. The first-order valence-electron chi connectivity index (χ1n) is 4.69. The zero-order valence-corrected chi connectivity index (χ0v) is 8.57. The molecule has 0 unspecified atom stereocenters. The van der Waals surface area contributed by atoms with E-state index in [0.717, 1.165) is 0 Å². The van der Waals surface area contributed by atoms with Crippen molar-refractivity contribution in [2.75, 3.05) is 5.32 Å². The monoisotopic (exact) mass is 232 g/mol. The lowest BCUT2D eigenvalue weighted by atomic mass is 10.3. The van der Waals surface area contributed by atoms with Gasteiger partial charge in [-0.3, -0.25) is 10.1 Å². The highest BCUT2D eigenvalue weighted by molar-refractivity contribution is 5.66. The van der Waals surface area contributed by atoms with Crippen molar-refractivity contribution < 1.29 is 10.0 Å². The number of nitro groups is 1. The molecule has 0 bridgehead atoms. The lowest BCUT2D eigenvalue weighted by molar-refractivity contribution is -0.384. The molecule has 0 aliphatic rings. The Morgan fingerprint density at radius 1 is 1.18 bits per heavy atom. The lowest BCUT2D eigenvalue weighted by Crippen LogP contribution is -2.00. The number of pyridine rings is 2. The van der Waals surface area contributed by atoms with E-state index in [9.17, 15) is 15.2 Å². The first-order chi connectivity index (χ1) is 8.18. The van der Waals surface area contributed by atoms with Crippen molar-refractivity contribution in [3.63, 3.8) is 0 Å². The molecule has 0 amide bonds. The summed E-state index contributed by atoms with van der Waals surface area (Å²) in [6, 6.07) is 5.74. The molecule has 0 saturated carbocycles. The third-order valence-corrected chi connectivity index (χ3v) is 2.01. The van der Waals surface area contributed by atoms with Gasteiger partial charge < -0.3 is 10.4 Å². The molecule has 2 aromatic heterocycles. The van der Waals surface area contributed by atoms with Gasteiger partial charge in [0.05, 0.1) is 4.92 Å². The van der Waals surface area contributed by atoms with Gasteiger partial charge >= 0.3 is 5.69 Å². The van der Waals surface area contributed by atoms with E-state index in [1.165, 1.54) is 30.6 Å². The summed E-state index contributed by atoms with van der Waals surface area (Å²) in [4.78, 5) is 17.9. The van der Waals surface area contributed by atoms with Crippen molar-refractivity contribution in [1.82, 2.24) is 9.97 Å². The van der Waals surface area contributed by atoms with Crippen LogP contribution in [-0.4, -0.2) is 20.0 Å². The Hall–Kier alpha value is -2.70. The maximum atomic E-state index is 10.7. The van der Waals surface area contributed by atoms with Crippen LogP contribution >= 0.6 is 0 Å². The minimum absolute atomic E-state index is 0.0338. The highest BCUT2D eigenvalue weighted by Gasteiger charge is 2.15.